The molecule has 4 aromatic heterocycles. The van der Waals surface area contributed by atoms with E-state index >= 15 is 4.39 Å². The largest absolute Gasteiger partial charge is 0.382 e. The Morgan fingerprint density at radius 3 is 2.71 bits per heavy atom. The molecule has 0 spiro atoms. The van der Waals surface area contributed by atoms with Crippen LogP contribution in [-0.4, -0.2) is 49.3 Å². The fraction of sp³-hybridized carbons (Fsp3) is 0.308. The zero-order valence-corrected chi connectivity index (χ0v) is 19.8. The van der Waals surface area contributed by atoms with E-state index in [1.807, 2.05) is 24.4 Å². The van der Waals surface area contributed by atoms with Gasteiger partial charge in [0.15, 0.2) is 17.5 Å². The van der Waals surface area contributed by atoms with Gasteiger partial charge in [-0.15, -0.1) is 0 Å². The minimum atomic E-state index is -0.394. The number of pyridine rings is 2. The van der Waals surface area contributed by atoms with Crippen molar-refractivity contribution in [2.75, 3.05) is 23.3 Å². The van der Waals surface area contributed by atoms with Gasteiger partial charge >= 0.3 is 0 Å². The van der Waals surface area contributed by atoms with Crippen LogP contribution in [-0.2, 0) is 0 Å². The zero-order valence-electron chi connectivity index (χ0n) is 19.8. The second-order valence-electron chi connectivity index (χ2n) is 9.38. The van der Waals surface area contributed by atoms with Crippen molar-refractivity contribution in [2.24, 2.45) is 0 Å². The molecule has 178 valence electrons. The highest BCUT2D eigenvalue weighted by atomic mass is 19.1. The molecular formula is C26H27FN8. The van der Waals surface area contributed by atoms with E-state index in [0.717, 1.165) is 59.6 Å². The maximum atomic E-state index is 15.1. The first-order valence-electron chi connectivity index (χ1n) is 12.1. The van der Waals surface area contributed by atoms with E-state index in [-0.39, 0.29) is 11.6 Å². The molecule has 0 radical (unpaired) electrons. The van der Waals surface area contributed by atoms with Crippen molar-refractivity contribution in [1.29, 1.82) is 0 Å². The van der Waals surface area contributed by atoms with Gasteiger partial charge in [-0.25, -0.2) is 14.4 Å². The fourth-order valence-corrected chi connectivity index (χ4v) is 4.81. The number of nitrogens with zero attached hydrogens (tertiary/aromatic N) is 5. The van der Waals surface area contributed by atoms with Crippen LogP contribution in [0.25, 0.3) is 44.6 Å². The summed E-state index contributed by atoms with van der Waals surface area (Å²) in [5.41, 5.74) is 5.08. The molecule has 6 rings (SSSR count). The number of aromatic nitrogens is 6. The van der Waals surface area contributed by atoms with Gasteiger partial charge in [-0.1, -0.05) is 0 Å². The Morgan fingerprint density at radius 1 is 1.03 bits per heavy atom. The van der Waals surface area contributed by atoms with Crippen molar-refractivity contribution in [3.8, 4) is 22.6 Å². The third-order valence-electron chi connectivity index (χ3n) is 6.41. The monoisotopic (exact) mass is 470 g/mol. The van der Waals surface area contributed by atoms with E-state index in [1.165, 1.54) is 12.5 Å². The lowest BCUT2D eigenvalue weighted by Crippen LogP contribution is -2.30. The van der Waals surface area contributed by atoms with E-state index in [9.17, 15) is 0 Å². The first-order valence-corrected chi connectivity index (χ1v) is 12.1. The van der Waals surface area contributed by atoms with E-state index in [2.05, 4.69) is 49.2 Å². The molecule has 1 saturated heterocycles. The van der Waals surface area contributed by atoms with Crippen molar-refractivity contribution >= 4 is 33.4 Å². The molecule has 0 amide bonds. The van der Waals surface area contributed by atoms with Crippen LogP contribution in [0.5, 0.6) is 0 Å². The number of fused-ring (bicyclic) bond motifs is 2. The molecule has 0 aliphatic carbocycles. The van der Waals surface area contributed by atoms with Gasteiger partial charge < -0.3 is 15.2 Å². The van der Waals surface area contributed by atoms with Gasteiger partial charge in [0.25, 0.3) is 0 Å². The Kier molecular flexibility index (Phi) is 5.32. The molecule has 0 atom stereocenters. The van der Waals surface area contributed by atoms with Crippen molar-refractivity contribution in [2.45, 2.75) is 39.2 Å². The molecule has 5 aromatic rings. The second-order valence-corrected chi connectivity index (χ2v) is 9.38. The Morgan fingerprint density at radius 2 is 1.89 bits per heavy atom. The third-order valence-corrected chi connectivity index (χ3v) is 6.41. The second kappa shape index (κ2) is 8.65. The first-order chi connectivity index (χ1) is 17.1. The van der Waals surface area contributed by atoms with Crippen LogP contribution in [0, 0.1) is 5.82 Å². The van der Waals surface area contributed by atoms with E-state index in [4.69, 9.17) is 4.98 Å². The number of nitrogens with one attached hydrogen (secondary N) is 3. The summed E-state index contributed by atoms with van der Waals surface area (Å²) >= 11 is 0. The third kappa shape index (κ3) is 3.96. The number of benzene rings is 1. The van der Waals surface area contributed by atoms with Gasteiger partial charge in [0.1, 0.15) is 16.7 Å². The summed E-state index contributed by atoms with van der Waals surface area (Å²) in [6.45, 7) is 6.09. The molecular weight excluding hydrogens is 443 g/mol. The van der Waals surface area contributed by atoms with Crippen LogP contribution in [0.2, 0.25) is 0 Å². The normalized spacial score (nSPS) is 14.3. The van der Waals surface area contributed by atoms with Crippen LogP contribution in [0.1, 0.15) is 33.1 Å². The average Bonchev–Trinajstić information content (AvgIpc) is 3.48. The van der Waals surface area contributed by atoms with Crippen molar-refractivity contribution < 1.29 is 4.39 Å². The standard InChI is InChI=1S/C26H27FN8/c1-15(2)30-18-10-17(13-28-14-18)16-11-19-22(20(27)12-16)33-34-23(19)25-31-21-6-7-29-26(24(21)32-25)35-8-4-3-5-9-35/h6-7,10-15,30H,3-5,8-9H2,1-2H3,(H,31,32)(H,33,34). The topological polar surface area (TPSA) is 98.4 Å². The summed E-state index contributed by atoms with van der Waals surface area (Å²) in [5, 5.41) is 11.3. The van der Waals surface area contributed by atoms with Crippen LogP contribution in [0.3, 0.4) is 0 Å². The molecule has 3 N–H and O–H groups in total. The van der Waals surface area contributed by atoms with Gasteiger partial charge in [-0.2, -0.15) is 5.10 Å². The van der Waals surface area contributed by atoms with Crippen LogP contribution < -0.4 is 10.2 Å². The lowest BCUT2D eigenvalue weighted by atomic mass is 10.0. The number of anilines is 2. The summed E-state index contributed by atoms with van der Waals surface area (Å²) in [5.74, 6) is 1.11. The average molecular weight is 471 g/mol. The molecule has 1 aromatic carbocycles. The summed E-state index contributed by atoms with van der Waals surface area (Å²) in [6, 6.07) is 7.60. The maximum Gasteiger partial charge on any atom is 0.157 e. The highest BCUT2D eigenvalue weighted by Gasteiger charge is 2.20. The molecule has 1 aliphatic heterocycles. The van der Waals surface area contributed by atoms with Gasteiger partial charge in [-0.3, -0.25) is 10.1 Å². The van der Waals surface area contributed by atoms with Crippen LogP contribution in [0.15, 0.2) is 42.9 Å². The highest BCUT2D eigenvalue weighted by Crippen LogP contribution is 2.34. The molecule has 1 fully saturated rings. The number of piperidine rings is 1. The Balaban J connectivity index is 1.44. The fourth-order valence-electron chi connectivity index (χ4n) is 4.81. The minimum Gasteiger partial charge on any atom is -0.382 e. The number of rotatable bonds is 5. The van der Waals surface area contributed by atoms with Crippen molar-refractivity contribution in [3.63, 3.8) is 0 Å². The number of imidazole rings is 1. The Labute approximate surface area is 202 Å². The zero-order chi connectivity index (χ0) is 23.9. The molecule has 5 heterocycles. The summed E-state index contributed by atoms with van der Waals surface area (Å²) in [4.78, 5) is 19.5. The molecule has 9 heteroatoms. The SMILES string of the molecule is CC(C)Nc1cncc(-c2cc(F)c3n[nH]c(-c4nc5c(N6CCCCC6)nccc5[nH]4)c3c2)c1. The smallest absolute Gasteiger partial charge is 0.157 e. The molecule has 0 saturated carbocycles. The Bertz CT molecular complexity index is 1510. The Hall–Kier alpha value is -4.01. The first kappa shape index (κ1) is 21.5. The summed E-state index contributed by atoms with van der Waals surface area (Å²) in [7, 11) is 0. The predicted octanol–water partition coefficient (Wildman–Crippen LogP) is 5.51. The maximum absolute atomic E-state index is 15.1. The van der Waals surface area contributed by atoms with Gasteiger partial charge in [0, 0.05) is 48.7 Å². The lowest BCUT2D eigenvalue weighted by Gasteiger charge is -2.27. The van der Waals surface area contributed by atoms with E-state index < -0.39 is 5.82 Å². The lowest BCUT2D eigenvalue weighted by molar-refractivity contribution is 0.574. The molecule has 1 aliphatic rings. The van der Waals surface area contributed by atoms with E-state index in [1.54, 1.807) is 12.4 Å². The number of halogens is 1. The predicted molar refractivity (Wildman–Crippen MR) is 137 cm³/mol. The number of hydrogen-bond acceptors (Lipinski definition) is 6. The summed E-state index contributed by atoms with van der Waals surface area (Å²) < 4.78 is 15.1. The number of H-pyrrole nitrogens is 2. The van der Waals surface area contributed by atoms with Gasteiger partial charge in [0.2, 0.25) is 0 Å². The number of aromatic amines is 2. The quantitative estimate of drug-likeness (QED) is 0.313. The van der Waals surface area contributed by atoms with Gasteiger partial charge in [0.05, 0.1) is 11.2 Å². The van der Waals surface area contributed by atoms with Crippen LogP contribution >= 0.6 is 0 Å². The van der Waals surface area contributed by atoms with Gasteiger partial charge in [-0.05, 0) is 62.9 Å². The molecule has 0 bridgehead atoms. The minimum absolute atomic E-state index is 0.268. The van der Waals surface area contributed by atoms with Crippen molar-refractivity contribution in [1.82, 2.24) is 30.1 Å². The molecule has 35 heavy (non-hydrogen) atoms. The van der Waals surface area contributed by atoms with Crippen LogP contribution in [0.4, 0.5) is 15.9 Å². The van der Waals surface area contributed by atoms with Crippen molar-refractivity contribution in [3.05, 3.63) is 48.7 Å². The summed E-state index contributed by atoms with van der Waals surface area (Å²) in [6.07, 6.45) is 8.88. The van der Waals surface area contributed by atoms with E-state index in [0.29, 0.717) is 16.9 Å². The molecule has 8 nitrogen and oxygen atoms in total. The molecule has 0 unspecified atom stereocenters. The highest BCUT2D eigenvalue weighted by molar-refractivity contribution is 5.97. The number of hydrogen-bond donors (Lipinski definition) is 3.